The second kappa shape index (κ2) is 6.94. The largest absolute Gasteiger partial charge is 0.463 e. The van der Waals surface area contributed by atoms with Gasteiger partial charge >= 0.3 is 16.1 Å². The van der Waals surface area contributed by atoms with E-state index in [4.69, 9.17) is 0 Å². The first-order valence-corrected chi connectivity index (χ1v) is 7.26. The van der Waals surface area contributed by atoms with E-state index in [1.165, 1.54) is 12.1 Å². The van der Waals surface area contributed by atoms with E-state index in [9.17, 15) is 13.2 Å². The van der Waals surface area contributed by atoms with E-state index < -0.39 is 16.1 Å². The van der Waals surface area contributed by atoms with Crippen LogP contribution in [0.25, 0.3) is 0 Å². The third kappa shape index (κ3) is 4.75. The van der Waals surface area contributed by atoms with Crippen LogP contribution in [0.2, 0.25) is 0 Å². The highest BCUT2D eigenvalue weighted by Crippen LogP contribution is 2.14. The predicted molar refractivity (Wildman–Crippen MR) is 69.9 cm³/mol. The first-order chi connectivity index (χ1) is 8.99. The minimum absolute atomic E-state index is 0.0400. The highest BCUT2D eigenvalue weighted by Gasteiger charge is 2.13. The Bertz CT molecular complexity index is 543. The Morgan fingerprint density at radius 2 is 1.84 bits per heavy atom. The normalized spacial score (nSPS) is 11.5. The highest BCUT2D eigenvalue weighted by molar-refractivity contribution is 7.86. The zero-order valence-corrected chi connectivity index (χ0v) is 11.6. The molecule has 1 aromatic carbocycles. The number of hydrogen-bond donors (Lipinski definition) is 0. The summed E-state index contributed by atoms with van der Waals surface area (Å²) in [6.07, 6.45) is 2.55. The average molecular weight is 284 g/mol. The Labute approximate surface area is 113 Å². The van der Waals surface area contributed by atoms with Crippen molar-refractivity contribution in [1.82, 2.24) is 0 Å². The number of rotatable bonds is 6. The van der Waals surface area contributed by atoms with Gasteiger partial charge in [-0.3, -0.25) is 0 Å². The summed E-state index contributed by atoms with van der Waals surface area (Å²) in [4.78, 5) is 11.0. The second-order valence-corrected chi connectivity index (χ2v) is 5.17. The molecule has 0 heterocycles. The van der Waals surface area contributed by atoms with Crippen molar-refractivity contribution in [3.05, 3.63) is 42.2 Å². The van der Waals surface area contributed by atoms with E-state index >= 15 is 0 Å². The van der Waals surface area contributed by atoms with Crippen LogP contribution in [0.5, 0.6) is 0 Å². The Kier molecular flexibility index (Phi) is 5.57. The third-order valence-electron chi connectivity index (χ3n) is 2.29. The molecule has 0 spiro atoms. The number of esters is 1. The Morgan fingerprint density at radius 3 is 2.37 bits per heavy atom. The fourth-order valence-electron chi connectivity index (χ4n) is 1.29. The van der Waals surface area contributed by atoms with Gasteiger partial charge < -0.3 is 8.92 Å². The molecule has 1 rings (SSSR count). The molecule has 0 bridgehead atoms. The van der Waals surface area contributed by atoms with Gasteiger partial charge in [0.25, 0.3) is 0 Å². The molecule has 19 heavy (non-hydrogen) atoms. The highest BCUT2D eigenvalue weighted by atomic mass is 32.2. The van der Waals surface area contributed by atoms with Crippen LogP contribution in [0.3, 0.4) is 0 Å². The topological polar surface area (TPSA) is 69.7 Å². The molecule has 0 radical (unpaired) electrons. The summed E-state index contributed by atoms with van der Waals surface area (Å²) in [5, 5.41) is 0. The molecule has 0 aliphatic carbocycles. The molecule has 104 valence electrons. The molecule has 0 saturated carbocycles. The van der Waals surface area contributed by atoms with Crippen LogP contribution in [0.1, 0.15) is 19.4 Å². The SMILES string of the molecule is CCOC(=O)/C=C\OS(=O)(=O)c1ccc(CC)cc1. The lowest BCUT2D eigenvalue weighted by Crippen LogP contribution is -2.04. The van der Waals surface area contributed by atoms with Crippen LogP contribution >= 0.6 is 0 Å². The molecule has 0 fully saturated rings. The molecule has 0 amide bonds. The zero-order chi connectivity index (χ0) is 14.3. The van der Waals surface area contributed by atoms with Crippen LogP contribution < -0.4 is 0 Å². The van der Waals surface area contributed by atoms with Crippen LogP contribution in [-0.2, 0) is 30.3 Å². The van der Waals surface area contributed by atoms with Gasteiger partial charge in [-0.1, -0.05) is 19.1 Å². The molecule has 0 aromatic heterocycles. The zero-order valence-electron chi connectivity index (χ0n) is 10.8. The van der Waals surface area contributed by atoms with Crippen molar-refractivity contribution < 1.29 is 22.1 Å². The molecule has 0 unspecified atom stereocenters. The molecule has 0 aliphatic heterocycles. The number of ether oxygens (including phenoxy) is 1. The first kappa shape index (κ1) is 15.2. The first-order valence-electron chi connectivity index (χ1n) is 5.85. The maximum Gasteiger partial charge on any atom is 0.338 e. The smallest absolute Gasteiger partial charge is 0.338 e. The Balaban J connectivity index is 2.72. The second-order valence-electron chi connectivity index (χ2n) is 3.60. The van der Waals surface area contributed by atoms with Crippen LogP contribution in [-0.4, -0.2) is 21.0 Å². The van der Waals surface area contributed by atoms with Gasteiger partial charge in [-0.05, 0) is 31.0 Å². The summed E-state index contributed by atoms with van der Waals surface area (Å²) in [7, 11) is -3.89. The van der Waals surface area contributed by atoms with Gasteiger partial charge in [0, 0.05) is 0 Å². The number of aryl methyl sites for hydroxylation is 1. The van der Waals surface area contributed by atoms with Gasteiger partial charge in [-0.2, -0.15) is 8.42 Å². The lowest BCUT2D eigenvalue weighted by Gasteiger charge is -2.03. The molecule has 5 nitrogen and oxygen atoms in total. The molecule has 1 aromatic rings. The molecule has 0 aliphatic rings. The van der Waals surface area contributed by atoms with Crippen LogP contribution in [0.4, 0.5) is 0 Å². The number of hydrogen-bond acceptors (Lipinski definition) is 5. The van der Waals surface area contributed by atoms with Gasteiger partial charge in [0.1, 0.15) is 11.2 Å². The quantitative estimate of drug-likeness (QED) is 0.346. The average Bonchev–Trinajstić information content (AvgIpc) is 2.39. The van der Waals surface area contributed by atoms with Gasteiger partial charge in [0.2, 0.25) is 0 Å². The minimum Gasteiger partial charge on any atom is -0.463 e. The van der Waals surface area contributed by atoms with Crippen molar-refractivity contribution in [1.29, 1.82) is 0 Å². The molecule has 0 saturated heterocycles. The maximum absolute atomic E-state index is 11.7. The monoisotopic (exact) mass is 284 g/mol. The van der Waals surface area contributed by atoms with Crippen LogP contribution in [0.15, 0.2) is 41.5 Å². The fraction of sp³-hybridized carbons (Fsp3) is 0.308. The van der Waals surface area contributed by atoms with E-state index in [0.29, 0.717) is 0 Å². The van der Waals surface area contributed by atoms with E-state index in [0.717, 1.165) is 24.3 Å². The molecule has 0 atom stereocenters. The summed E-state index contributed by atoms with van der Waals surface area (Å²) in [5.41, 5.74) is 1.03. The van der Waals surface area contributed by atoms with E-state index in [2.05, 4.69) is 8.92 Å². The van der Waals surface area contributed by atoms with Gasteiger partial charge in [-0.15, -0.1) is 0 Å². The van der Waals surface area contributed by atoms with Crippen molar-refractivity contribution in [2.75, 3.05) is 6.61 Å². The van der Waals surface area contributed by atoms with E-state index in [1.54, 1.807) is 19.1 Å². The van der Waals surface area contributed by atoms with E-state index in [1.807, 2.05) is 6.92 Å². The molecule has 0 N–H and O–H groups in total. The summed E-state index contributed by atoms with van der Waals surface area (Å²) in [5.74, 6) is -0.654. The lowest BCUT2D eigenvalue weighted by atomic mass is 10.2. The number of carbonyl (C=O) groups excluding carboxylic acids is 1. The predicted octanol–water partition coefficient (Wildman–Crippen LogP) is 2.03. The van der Waals surface area contributed by atoms with Gasteiger partial charge in [-0.25, -0.2) is 4.79 Å². The number of carbonyl (C=O) groups is 1. The van der Waals surface area contributed by atoms with Gasteiger partial charge in [0.15, 0.2) is 0 Å². The lowest BCUT2D eigenvalue weighted by molar-refractivity contribution is -0.137. The summed E-state index contributed by atoms with van der Waals surface area (Å²) in [6, 6.07) is 6.36. The number of benzene rings is 1. The van der Waals surface area contributed by atoms with Crippen molar-refractivity contribution >= 4 is 16.1 Å². The summed E-state index contributed by atoms with van der Waals surface area (Å²) in [6.45, 7) is 3.84. The summed E-state index contributed by atoms with van der Waals surface area (Å²) < 4.78 is 32.7. The van der Waals surface area contributed by atoms with Crippen molar-refractivity contribution in [2.45, 2.75) is 25.2 Å². The Hall–Kier alpha value is -1.82. The van der Waals surface area contributed by atoms with Crippen molar-refractivity contribution in [3.63, 3.8) is 0 Å². The fourth-order valence-corrected chi connectivity index (χ4v) is 2.08. The standard InChI is InChI=1S/C13H16O5S/c1-3-11-5-7-12(8-6-11)19(15,16)18-10-9-13(14)17-4-2/h5-10H,3-4H2,1-2H3/b10-9-. The van der Waals surface area contributed by atoms with Crippen molar-refractivity contribution in [2.24, 2.45) is 0 Å². The maximum atomic E-state index is 11.7. The summed E-state index contributed by atoms with van der Waals surface area (Å²) >= 11 is 0. The van der Waals surface area contributed by atoms with E-state index in [-0.39, 0.29) is 11.5 Å². The molecular weight excluding hydrogens is 268 g/mol. The van der Waals surface area contributed by atoms with Gasteiger partial charge in [0.05, 0.1) is 12.7 Å². The van der Waals surface area contributed by atoms with Crippen LogP contribution in [0, 0.1) is 0 Å². The Morgan fingerprint density at radius 1 is 1.21 bits per heavy atom. The minimum atomic E-state index is -3.89. The van der Waals surface area contributed by atoms with Crippen molar-refractivity contribution in [3.8, 4) is 0 Å². The molecular formula is C13H16O5S. The molecule has 6 heteroatoms. The third-order valence-corrected chi connectivity index (χ3v) is 3.51.